The maximum absolute atomic E-state index is 13.3. The highest BCUT2D eigenvalue weighted by atomic mass is 19.1. The van der Waals surface area contributed by atoms with E-state index in [0.29, 0.717) is 16.8 Å². The van der Waals surface area contributed by atoms with E-state index in [-0.39, 0.29) is 29.8 Å². The number of hydrogen-bond donors (Lipinski definition) is 3. The Balaban J connectivity index is 2.16. The molecule has 0 unspecified atom stereocenters. The summed E-state index contributed by atoms with van der Waals surface area (Å²) in [7, 11) is 1.54. The molecule has 7 nitrogen and oxygen atoms in total. The van der Waals surface area contributed by atoms with Gasteiger partial charge in [-0.25, -0.2) is 20.3 Å². The predicted molar refractivity (Wildman–Crippen MR) is 94.0 cm³/mol. The van der Waals surface area contributed by atoms with Crippen LogP contribution in [0, 0.1) is 19.7 Å². The molecule has 132 valence electrons. The molecule has 1 aromatic carbocycles. The van der Waals surface area contributed by atoms with Crippen molar-refractivity contribution < 1.29 is 9.18 Å². The van der Waals surface area contributed by atoms with Crippen molar-refractivity contribution >= 4 is 11.7 Å². The van der Waals surface area contributed by atoms with E-state index in [4.69, 9.17) is 11.6 Å². The minimum atomic E-state index is -0.360. The second-order valence-electron chi connectivity index (χ2n) is 5.71. The van der Waals surface area contributed by atoms with Gasteiger partial charge in [-0.1, -0.05) is 12.1 Å². The van der Waals surface area contributed by atoms with E-state index in [0.717, 1.165) is 10.7 Å². The van der Waals surface area contributed by atoms with E-state index in [1.807, 2.05) is 0 Å². The molecule has 0 fully saturated rings. The van der Waals surface area contributed by atoms with Crippen LogP contribution in [0.5, 0.6) is 0 Å². The molecule has 1 aromatic heterocycles. The summed E-state index contributed by atoms with van der Waals surface area (Å²) < 4.78 is 13.3. The molecule has 1 amide bonds. The lowest BCUT2D eigenvalue weighted by Gasteiger charge is -2.10. The summed E-state index contributed by atoms with van der Waals surface area (Å²) in [5.74, 6) is 4.99. The zero-order valence-electron chi connectivity index (χ0n) is 14.4. The molecule has 0 radical (unpaired) electrons. The minimum Gasteiger partial charge on any atom is -0.382 e. The first-order valence-electron chi connectivity index (χ1n) is 7.61. The maximum atomic E-state index is 13.3. The van der Waals surface area contributed by atoms with Crippen molar-refractivity contribution in [3.8, 4) is 0 Å². The number of hydrazine groups is 1. The smallest absolute Gasteiger partial charge is 0.270 e. The second kappa shape index (κ2) is 7.71. The Morgan fingerprint density at radius 1 is 1.32 bits per heavy atom. The van der Waals surface area contributed by atoms with Crippen molar-refractivity contribution in [3.63, 3.8) is 0 Å². The lowest BCUT2D eigenvalue weighted by atomic mass is 10.1. The number of carbonyl (C=O) groups excluding carboxylic acids is 1. The normalized spacial score (nSPS) is 11.3. The minimum absolute atomic E-state index is 0.179. The Bertz CT molecular complexity index is 819. The van der Waals surface area contributed by atoms with Gasteiger partial charge in [0.1, 0.15) is 11.5 Å². The van der Waals surface area contributed by atoms with E-state index in [9.17, 15) is 9.18 Å². The maximum Gasteiger partial charge on any atom is 0.270 e. The largest absolute Gasteiger partial charge is 0.382 e. The van der Waals surface area contributed by atoms with Gasteiger partial charge in [0.25, 0.3) is 5.91 Å². The number of rotatable bonds is 5. The van der Waals surface area contributed by atoms with Gasteiger partial charge < -0.3 is 11.1 Å². The number of carbonyl (C=O) groups is 1. The highest BCUT2D eigenvalue weighted by Crippen LogP contribution is 2.10. The van der Waals surface area contributed by atoms with Crippen LogP contribution in [0.4, 0.5) is 4.39 Å². The van der Waals surface area contributed by atoms with Crippen LogP contribution >= 0.6 is 0 Å². The molecular formula is C17H21FN6O. The van der Waals surface area contributed by atoms with Crippen LogP contribution in [0.25, 0.3) is 0 Å². The van der Waals surface area contributed by atoms with Crippen LogP contribution in [0.3, 0.4) is 0 Å². The highest BCUT2D eigenvalue weighted by molar-refractivity contribution is 6.00. The average Bonchev–Trinajstić information content (AvgIpc) is 2.54. The Morgan fingerprint density at radius 2 is 2.04 bits per heavy atom. The molecule has 0 aliphatic heterocycles. The third-order valence-corrected chi connectivity index (χ3v) is 3.42. The van der Waals surface area contributed by atoms with Gasteiger partial charge in [-0.15, -0.1) is 5.10 Å². The van der Waals surface area contributed by atoms with Crippen LogP contribution in [0.15, 0.2) is 35.4 Å². The average molecular weight is 344 g/mol. The summed E-state index contributed by atoms with van der Waals surface area (Å²) >= 11 is 0. The highest BCUT2D eigenvalue weighted by Gasteiger charge is 2.12. The van der Waals surface area contributed by atoms with Crippen molar-refractivity contribution in [2.75, 3.05) is 7.05 Å². The van der Waals surface area contributed by atoms with Crippen LogP contribution in [-0.2, 0) is 6.54 Å². The number of amidine groups is 1. The Kier molecular flexibility index (Phi) is 5.66. The van der Waals surface area contributed by atoms with Gasteiger partial charge in [0, 0.05) is 24.8 Å². The zero-order chi connectivity index (χ0) is 18.6. The Morgan fingerprint density at radius 3 is 2.68 bits per heavy atom. The van der Waals surface area contributed by atoms with E-state index >= 15 is 0 Å². The number of hydrazone groups is 1. The van der Waals surface area contributed by atoms with E-state index < -0.39 is 0 Å². The molecule has 0 aliphatic rings. The standard InChI is InChI=1S/C17H21FN6O/c1-10-6-12(4-5-14(10)18)9-21-17(25)15-8-13(7-11(2)22-15)16(19)23-24(3)20/h4-8H,9,20H2,1-3H3,(H2,19,23)(H,21,25). The number of nitrogens with two attached hydrogens (primary N) is 2. The van der Waals surface area contributed by atoms with Crippen LogP contribution in [-0.4, -0.2) is 28.9 Å². The van der Waals surface area contributed by atoms with Gasteiger partial charge in [0.05, 0.1) is 0 Å². The summed E-state index contributed by atoms with van der Waals surface area (Å²) in [5.41, 5.74) is 8.57. The number of halogens is 1. The number of aromatic nitrogens is 1. The summed E-state index contributed by atoms with van der Waals surface area (Å²) in [5, 5.41) is 7.75. The topological polar surface area (TPSA) is 110 Å². The molecule has 0 saturated carbocycles. The van der Waals surface area contributed by atoms with E-state index in [2.05, 4.69) is 15.4 Å². The SMILES string of the molecule is Cc1cc(/C(N)=N/N(C)N)cc(C(=O)NCc2ccc(F)c(C)c2)n1. The molecule has 5 N–H and O–H groups in total. The molecule has 2 aromatic rings. The first-order chi connectivity index (χ1) is 11.8. The molecular weight excluding hydrogens is 323 g/mol. The number of nitrogens with one attached hydrogen (secondary N) is 1. The Hall–Kier alpha value is -3.00. The first-order valence-corrected chi connectivity index (χ1v) is 7.61. The fourth-order valence-corrected chi connectivity index (χ4v) is 2.25. The van der Waals surface area contributed by atoms with Crippen molar-refractivity contribution in [2.45, 2.75) is 20.4 Å². The van der Waals surface area contributed by atoms with Crippen LogP contribution in [0.1, 0.15) is 32.9 Å². The number of hydrogen-bond acceptors (Lipinski definition) is 5. The number of nitrogens with zero attached hydrogens (tertiary/aromatic N) is 3. The summed E-state index contributed by atoms with van der Waals surface area (Å²) in [4.78, 5) is 16.6. The predicted octanol–water partition coefficient (Wildman–Crippen LogP) is 1.19. The number of aryl methyl sites for hydroxylation is 2. The van der Waals surface area contributed by atoms with E-state index in [1.165, 1.54) is 6.07 Å². The van der Waals surface area contributed by atoms with E-state index in [1.54, 1.807) is 45.2 Å². The monoisotopic (exact) mass is 344 g/mol. The summed E-state index contributed by atoms with van der Waals surface area (Å²) in [6, 6.07) is 7.94. The number of pyridine rings is 1. The molecule has 0 spiro atoms. The summed E-state index contributed by atoms with van der Waals surface area (Å²) in [6.45, 7) is 3.69. The fraction of sp³-hybridized carbons (Fsp3) is 0.235. The molecule has 8 heteroatoms. The molecule has 0 atom stereocenters. The molecule has 2 rings (SSSR count). The van der Waals surface area contributed by atoms with Gasteiger partial charge in [-0.2, -0.15) is 0 Å². The lowest BCUT2D eigenvalue weighted by molar-refractivity contribution is 0.0945. The van der Waals surface area contributed by atoms with Gasteiger partial charge in [0.2, 0.25) is 0 Å². The fourth-order valence-electron chi connectivity index (χ4n) is 2.25. The molecule has 25 heavy (non-hydrogen) atoms. The molecule has 0 saturated heterocycles. The Labute approximate surface area is 145 Å². The molecule has 1 heterocycles. The van der Waals surface area contributed by atoms with Crippen molar-refractivity contribution in [3.05, 3.63) is 64.2 Å². The first kappa shape index (κ1) is 18.3. The zero-order valence-corrected chi connectivity index (χ0v) is 14.4. The van der Waals surface area contributed by atoms with Crippen molar-refractivity contribution in [2.24, 2.45) is 16.7 Å². The van der Waals surface area contributed by atoms with Crippen molar-refractivity contribution in [1.82, 2.24) is 15.4 Å². The number of benzene rings is 1. The number of amides is 1. The molecule has 0 aliphatic carbocycles. The third kappa shape index (κ3) is 4.98. The van der Waals surface area contributed by atoms with Crippen LogP contribution < -0.4 is 16.9 Å². The second-order valence-corrected chi connectivity index (χ2v) is 5.71. The van der Waals surface area contributed by atoms with Gasteiger partial charge >= 0.3 is 0 Å². The summed E-state index contributed by atoms with van der Waals surface area (Å²) in [6.07, 6.45) is 0. The van der Waals surface area contributed by atoms with Gasteiger partial charge in [-0.05, 0) is 43.2 Å². The molecule has 0 bridgehead atoms. The third-order valence-electron chi connectivity index (χ3n) is 3.42. The van der Waals surface area contributed by atoms with Crippen LogP contribution in [0.2, 0.25) is 0 Å². The quantitative estimate of drug-likeness (QED) is 0.327. The van der Waals surface area contributed by atoms with Gasteiger partial charge in [-0.3, -0.25) is 4.79 Å². The van der Waals surface area contributed by atoms with Crippen molar-refractivity contribution in [1.29, 1.82) is 0 Å². The van der Waals surface area contributed by atoms with Gasteiger partial charge in [0.15, 0.2) is 5.84 Å². The lowest BCUT2D eigenvalue weighted by Crippen LogP contribution is -2.27.